The topological polar surface area (TPSA) is 89.8 Å². The summed E-state index contributed by atoms with van der Waals surface area (Å²) >= 11 is 0. The lowest BCUT2D eigenvalue weighted by Gasteiger charge is -2.13. The second-order valence-electron chi connectivity index (χ2n) is 8.12. The van der Waals surface area contributed by atoms with Crippen molar-refractivity contribution in [3.63, 3.8) is 0 Å². The highest BCUT2D eigenvalue weighted by Crippen LogP contribution is 2.25. The minimum atomic E-state index is -0.221. The molecule has 1 amide bonds. The monoisotopic (exact) mass is 461 g/mol. The molecule has 3 aromatic heterocycles. The number of anilines is 1. The average molecular weight is 462 g/mol. The van der Waals surface area contributed by atoms with E-state index in [1.807, 2.05) is 79.7 Å². The van der Waals surface area contributed by atoms with Crippen LogP contribution in [-0.2, 0) is 11.2 Å². The Morgan fingerprint density at radius 2 is 1.74 bits per heavy atom. The minimum Gasteiger partial charge on any atom is -0.326 e. The molecule has 7 nitrogen and oxygen atoms in total. The largest absolute Gasteiger partial charge is 0.326 e. The van der Waals surface area contributed by atoms with Crippen LogP contribution in [0.15, 0.2) is 96.2 Å². The van der Waals surface area contributed by atoms with E-state index in [4.69, 9.17) is 0 Å². The number of hydrogen-bond donors (Lipinski definition) is 1. The molecule has 35 heavy (non-hydrogen) atoms. The summed E-state index contributed by atoms with van der Waals surface area (Å²) in [5, 5.41) is 2.89. The Bertz CT molecular complexity index is 1580. The predicted octanol–water partition coefficient (Wildman–Crippen LogP) is 4.78. The molecule has 172 valence electrons. The Hall–Kier alpha value is -4.65. The van der Waals surface area contributed by atoms with E-state index in [1.165, 1.54) is 0 Å². The quantitative estimate of drug-likeness (QED) is 0.393. The maximum atomic E-state index is 13.6. The smallest absolute Gasteiger partial charge is 0.278 e. The number of fused-ring (bicyclic) bond motifs is 1. The van der Waals surface area contributed by atoms with Crippen LogP contribution in [0.2, 0.25) is 0 Å². The molecular formula is C28H23N5O2. The molecule has 0 saturated carbocycles. The van der Waals surface area contributed by atoms with Gasteiger partial charge in [0, 0.05) is 37.1 Å². The van der Waals surface area contributed by atoms with Crippen LogP contribution >= 0.6 is 0 Å². The van der Waals surface area contributed by atoms with E-state index in [2.05, 4.69) is 20.3 Å². The lowest BCUT2D eigenvalue weighted by atomic mass is 10.0. The first-order valence-electron chi connectivity index (χ1n) is 11.4. The highest BCUT2D eigenvalue weighted by Gasteiger charge is 2.15. The molecule has 0 aliphatic heterocycles. The minimum absolute atomic E-state index is 0.0436. The summed E-state index contributed by atoms with van der Waals surface area (Å²) in [5.41, 5.74) is 5.50. The second-order valence-corrected chi connectivity index (χ2v) is 8.12. The molecular weight excluding hydrogens is 438 g/mol. The molecule has 0 aliphatic rings. The summed E-state index contributed by atoms with van der Waals surface area (Å²) in [6.07, 6.45) is 5.88. The number of carbonyl (C=O) groups is 1. The zero-order valence-corrected chi connectivity index (χ0v) is 19.2. The first kappa shape index (κ1) is 22.2. The molecule has 0 fully saturated rings. The Kier molecular flexibility index (Phi) is 6.13. The molecule has 0 atom stereocenters. The number of hydrogen-bond acceptors (Lipinski definition) is 5. The fourth-order valence-corrected chi connectivity index (χ4v) is 3.97. The molecule has 1 N–H and O–H groups in total. The van der Waals surface area contributed by atoms with Crippen molar-refractivity contribution in [3.8, 4) is 16.8 Å². The number of amides is 1. The maximum Gasteiger partial charge on any atom is 0.278 e. The van der Waals surface area contributed by atoms with Gasteiger partial charge in [0.2, 0.25) is 5.91 Å². The predicted molar refractivity (Wildman–Crippen MR) is 137 cm³/mol. The SMILES string of the molecule is CCC(=O)Nc1cccc(-c2cccc(-n3c(=O)c(Cc4cccnc4)nc4cccnc43)c2)c1. The molecule has 0 aliphatic carbocycles. The van der Waals surface area contributed by atoms with Crippen LogP contribution in [-0.4, -0.2) is 25.4 Å². The molecule has 3 heterocycles. The summed E-state index contributed by atoms with van der Waals surface area (Å²) in [7, 11) is 0. The summed E-state index contributed by atoms with van der Waals surface area (Å²) in [6, 6.07) is 22.8. The van der Waals surface area contributed by atoms with Gasteiger partial charge in [0.15, 0.2) is 5.65 Å². The summed E-state index contributed by atoms with van der Waals surface area (Å²) in [5.74, 6) is -0.0436. The molecule has 0 radical (unpaired) electrons. The normalized spacial score (nSPS) is 10.9. The van der Waals surface area contributed by atoms with Crippen molar-refractivity contribution in [2.45, 2.75) is 19.8 Å². The molecule has 0 unspecified atom stereocenters. The van der Waals surface area contributed by atoms with Crippen LogP contribution in [0, 0.1) is 0 Å². The first-order valence-corrected chi connectivity index (χ1v) is 11.4. The lowest BCUT2D eigenvalue weighted by Crippen LogP contribution is -2.25. The van der Waals surface area contributed by atoms with E-state index in [0.717, 1.165) is 22.4 Å². The third kappa shape index (κ3) is 4.70. The van der Waals surface area contributed by atoms with E-state index < -0.39 is 0 Å². The Labute approximate surface area is 202 Å². The molecule has 0 saturated heterocycles. The molecule has 0 bridgehead atoms. The summed E-state index contributed by atoms with van der Waals surface area (Å²) in [6.45, 7) is 1.82. The van der Waals surface area contributed by atoms with Gasteiger partial charge in [-0.3, -0.25) is 19.1 Å². The number of rotatable bonds is 6. The lowest BCUT2D eigenvalue weighted by molar-refractivity contribution is -0.115. The highest BCUT2D eigenvalue weighted by atomic mass is 16.1. The fraction of sp³-hybridized carbons (Fsp3) is 0.107. The Morgan fingerprint density at radius 1 is 0.943 bits per heavy atom. The van der Waals surface area contributed by atoms with Crippen LogP contribution in [0.1, 0.15) is 24.6 Å². The van der Waals surface area contributed by atoms with Crippen LogP contribution in [0.3, 0.4) is 0 Å². The summed E-state index contributed by atoms with van der Waals surface area (Å²) < 4.78 is 1.61. The van der Waals surface area contributed by atoms with E-state index in [1.54, 1.807) is 23.2 Å². The molecule has 5 rings (SSSR count). The molecule has 5 aromatic rings. The van der Waals surface area contributed by atoms with Gasteiger partial charge in [-0.15, -0.1) is 0 Å². The van der Waals surface area contributed by atoms with Gasteiger partial charge in [0.25, 0.3) is 5.56 Å². The van der Waals surface area contributed by atoms with Crippen LogP contribution < -0.4 is 10.9 Å². The number of carbonyl (C=O) groups excluding carboxylic acids is 1. The molecule has 2 aromatic carbocycles. The van der Waals surface area contributed by atoms with Crippen molar-refractivity contribution < 1.29 is 4.79 Å². The van der Waals surface area contributed by atoms with Gasteiger partial charge in [-0.05, 0) is 59.2 Å². The van der Waals surface area contributed by atoms with Gasteiger partial charge in [0.05, 0.1) is 5.69 Å². The van der Waals surface area contributed by atoms with Crippen LogP contribution in [0.25, 0.3) is 28.0 Å². The van der Waals surface area contributed by atoms with Crippen molar-refractivity contribution in [1.82, 2.24) is 19.5 Å². The highest BCUT2D eigenvalue weighted by molar-refractivity contribution is 5.91. The first-order chi connectivity index (χ1) is 17.1. The number of nitrogens with one attached hydrogen (secondary N) is 1. The van der Waals surface area contributed by atoms with E-state index in [9.17, 15) is 9.59 Å². The molecule has 7 heteroatoms. The average Bonchev–Trinajstić information content (AvgIpc) is 2.90. The van der Waals surface area contributed by atoms with Crippen LogP contribution in [0.4, 0.5) is 5.69 Å². The number of aromatic nitrogens is 4. The number of benzene rings is 2. The van der Waals surface area contributed by atoms with Crippen molar-refractivity contribution in [3.05, 3.63) is 113 Å². The van der Waals surface area contributed by atoms with E-state index in [-0.39, 0.29) is 11.5 Å². The van der Waals surface area contributed by atoms with Crippen LogP contribution in [0.5, 0.6) is 0 Å². The van der Waals surface area contributed by atoms with Gasteiger partial charge in [-0.1, -0.05) is 37.3 Å². The maximum absolute atomic E-state index is 13.6. The van der Waals surface area contributed by atoms with Gasteiger partial charge in [0.1, 0.15) is 11.2 Å². The van der Waals surface area contributed by atoms with Crippen molar-refractivity contribution >= 4 is 22.8 Å². The third-order valence-corrected chi connectivity index (χ3v) is 5.68. The van der Waals surface area contributed by atoms with Gasteiger partial charge in [-0.25, -0.2) is 9.97 Å². The fourth-order valence-electron chi connectivity index (χ4n) is 3.97. The van der Waals surface area contributed by atoms with Crippen molar-refractivity contribution in [2.75, 3.05) is 5.32 Å². The standard InChI is InChI=1S/C28H23N5O2/c1-2-26(34)31-22-10-3-8-20(16-22)21-9-4-11-23(17-21)33-27-24(12-6-14-30-27)32-25(28(33)35)15-19-7-5-13-29-18-19/h3-14,16-18H,2,15H2,1H3,(H,31,34). The van der Waals surface area contributed by atoms with Gasteiger partial charge in [-0.2, -0.15) is 0 Å². The summed E-state index contributed by atoms with van der Waals surface area (Å²) in [4.78, 5) is 38.7. The van der Waals surface area contributed by atoms with Crippen molar-refractivity contribution in [2.24, 2.45) is 0 Å². The second kappa shape index (κ2) is 9.69. The van der Waals surface area contributed by atoms with Crippen molar-refractivity contribution in [1.29, 1.82) is 0 Å². The zero-order chi connectivity index (χ0) is 24.2. The Balaban J connectivity index is 1.62. The Morgan fingerprint density at radius 3 is 2.54 bits per heavy atom. The molecule has 0 spiro atoms. The van der Waals surface area contributed by atoms with E-state index >= 15 is 0 Å². The number of pyridine rings is 2. The van der Waals surface area contributed by atoms with E-state index in [0.29, 0.717) is 35.4 Å². The third-order valence-electron chi connectivity index (χ3n) is 5.68. The zero-order valence-electron chi connectivity index (χ0n) is 19.2. The van der Waals surface area contributed by atoms with Gasteiger partial charge < -0.3 is 5.32 Å². The number of nitrogens with zero attached hydrogens (tertiary/aromatic N) is 4. The van der Waals surface area contributed by atoms with Gasteiger partial charge >= 0.3 is 0 Å².